The van der Waals surface area contributed by atoms with Crippen LogP contribution in [0.1, 0.15) is 65.7 Å². The third-order valence-electron chi connectivity index (χ3n) is 9.05. The summed E-state index contributed by atoms with van der Waals surface area (Å²) in [4.78, 5) is 18.6. The van der Waals surface area contributed by atoms with Crippen molar-refractivity contribution < 1.29 is 19.8 Å². The Morgan fingerprint density at radius 1 is 1.20 bits per heavy atom. The molecule has 0 aliphatic heterocycles. The molecule has 0 bridgehead atoms. The van der Waals surface area contributed by atoms with E-state index in [1.165, 1.54) is 5.57 Å². The van der Waals surface area contributed by atoms with Crippen molar-refractivity contribution in [2.75, 3.05) is 6.61 Å². The molecule has 3 fully saturated rings. The third-order valence-corrected chi connectivity index (χ3v) is 9.05. The first-order valence-electron chi connectivity index (χ1n) is 11.6. The Kier molecular flexibility index (Phi) is 5.73. The van der Waals surface area contributed by atoms with Gasteiger partial charge in [0.15, 0.2) is 5.78 Å². The summed E-state index contributed by atoms with van der Waals surface area (Å²) in [6, 6.07) is 0. The molecular weight excluding hydrogens is 378 g/mol. The van der Waals surface area contributed by atoms with Crippen LogP contribution in [0.25, 0.3) is 0 Å². The SMILES string of the molecule is C=CCCO/N=C(\C)[C@H]1CC[C@H]2C3=CC(=O)[C@@H]4C[C@@H](O)[C@@H](O)C[C@]4(C)C3CC[C@]12C. The Labute approximate surface area is 180 Å². The summed E-state index contributed by atoms with van der Waals surface area (Å²) < 4.78 is 0. The minimum Gasteiger partial charge on any atom is -0.396 e. The second-order valence-electron chi connectivity index (χ2n) is 10.6. The van der Waals surface area contributed by atoms with Gasteiger partial charge in [-0.1, -0.05) is 30.7 Å². The topological polar surface area (TPSA) is 79.1 Å². The molecule has 5 heteroatoms. The van der Waals surface area contributed by atoms with Crippen molar-refractivity contribution in [2.24, 2.45) is 39.7 Å². The smallest absolute Gasteiger partial charge is 0.159 e. The minimum absolute atomic E-state index is 0.0913. The number of carbonyl (C=O) groups excluding carboxylic acids is 1. The molecule has 0 saturated heterocycles. The number of ketones is 1. The monoisotopic (exact) mass is 415 g/mol. The summed E-state index contributed by atoms with van der Waals surface area (Å²) in [6.45, 7) is 10.9. The molecule has 0 amide bonds. The molecule has 0 spiro atoms. The summed E-state index contributed by atoms with van der Waals surface area (Å²) in [5.74, 6) is 1.05. The molecule has 0 heterocycles. The van der Waals surface area contributed by atoms with Crippen molar-refractivity contribution >= 4 is 11.5 Å². The van der Waals surface area contributed by atoms with Crippen molar-refractivity contribution in [1.82, 2.24) is 0 Å². The molecule has 3 saturated carbocycles. The van der Waals surface area contributed by atoms with E-state index in [4.69, 9.17) is 4.84 Å². The Balaban J connectivity index is 1.60. The van der Waals surface area contributed by atoms with Crippen LogP contribution < -0.4 is 0 Å². The molecule has 4 aliphatic rings. The quantitative estimate of drug-likeness (QED) is 0.307. The van der Waals surface area contributed by atoms with Gasteiger partial charge in [0.2, 0.25) is 0 Å². The van der Waals surface area contributed by atoms with Gasteiger partial charge in [0.05, 0.1) is 17.9 Å². The lowest BCUT2D eigenvalue weighted by Crippen LogP contribution is -2.55. The van der Waals surface area contributed by atoms with E-state index in [1.807, 2.05) is 12.2 Å². The highest BCUT2D eigenvalue weighted by Crippen LogP contribution is 2.65. The Hall–Kier alpha value is -1.46. The molecule has 0 aromatic carbocycles. The molecular formula is C25H37NO4. The number of hydrogen-bond donors (Lipinski definition) is 2. The summed E-state index contributed by atoms with van der Waals surface area (Å²) in [7, 11) is 0. The van der Waals surface area contributed by atoms with Gasteiger partial charge in [0, 0.05) is 18.3 Å². The third kappa shape index (κ3) is 3.29. The zero-order valence-corrected chi connectivity index (χ0v) is 18.6. The maximum atomic E-state index is 13.1. The van der Waals surface area contributed by atoms with Gasteiger partial charge in [-0.2, -0.15) is 0 Å². The van der Waals surface area contributed by atoms with Crippen LogP contribution in [-0.2, 0) is 9.63 Å². The molecule has 4 aliphatic carbocycles. The Morgan fingerprint density at radius 3 is 2.67 bits per heavy atom. The number of nitrogens with zero attached hydrogens (tertiary/aromatic N) is 1. The molecule has 2 N–H and O–H groups in total. The zero-order valence-electron chi connectivity index (χ0n) is 18.6. The molecule has 0 aromatic rings. The van der Waals surface area contributed by atoms with E-state index in [0.717, 1.165) is 37.8 Å². The van der Waals surface area contributed by atoms with E-state index in [1.54, 1.807) is 0 Å². The lowest BCUT2D eigenvalue weighted by molar-refractivity contribution is -0.142. The fraction of sp³-hybridized carbons (Fsp3) is 0.760. The van der Waals surface area contributed by atoms with E-state index in [2.05, 4.69) is 32.5 Å². The van der Waals surface area contributed by atoms with Crippen molar-refractivity contribution in [3.8, 4) is 0 Å². The molecule has 5 nitrogen and oxygen atoms in total. The van der Waals surface area contributed by atoms with Crippen LogP contribution in [0.2, 0.25) is 0 Å². The van der Waals surface area contributed by atoms with E-state index >= 15 is 0 Å². The highest BCUT2D eigenvalue weighted by atomic mass is 16.6. The fourth-order valence-corrected chi connectivity index (χ4v) is 7.43. The molecule has 0 radical (unpaired) electrons. The predicted molar refractivity (Wildman–Crippen MR) is 117 cm³/mol. The van der Waals surface area contributed by atoms with Crippen LogP contribution in [0.4, 0.5) is 0 Å². The van der Waals surface area contributed by atoms with Crippen LogP contribution >= 0.6 is 0 Å². The van der Waals surface area contributed by atoms with Gasteiger partial charge in [-0.3, -0.25) is 4.79 Å². The lowest BCUT2D eigenvalue weighted by Gasteiger charge is -2.57. The normalized spacial score (nSPS) is 45.8. The standard InChI is InChI=1S/C25H37NO4/c1-5-6-11-30-26-15(2)17-7-8-18-16-12-21(27)20-13-22(28)23(29)14-25(20,4)19(16)9-10-24(17,18)3/h5,12,17-20,22-23,28-29H,1,6-11,13-14H2,2-4H3/b26-15+/t17-,18+,19?,20+,22-,23+,24-,25-/m1/s1. The largest absolute Gasteiger partial charge is 0.396 e. The first kappa shape index (κ1) is 21.8. The average molecular weight is 416 g/mol. The van der Waals surface area contributed by atoms with Gasteiger partial charge in [-0.15, -0.1) is 6.58 Å². The highest BCUT2D eigenvalue weighted by Gasteiger charge is 2.60. The van der Waals surface area contributed by atoms with Crippen LogP contribution in [0.5, 0.6) is 0 Å². The number of aliphatic hydroxyl groups excluding tert-OH is 2. The van der Waals surface area contributed by atoms with Crippen molar-refractivity contribution in [1.29, 1.82) is 0 Å². The van der Waals surface area contributed by atoms with E-state index in [-0.39, 0.29) is 22.5 Å². The van der Waals surface area contributed by atoms with Crippen molar-refractivity contribution in [2.45, 2.75) is 77.9 Å². The van der Waals surface area contributed by atoms with Crippen LogP contribution in [-0.4, -0.2) is 40.5 Å². The molecule has 0 aromatic heterocycles. The average Bonchev–Trinajstić information content (AvgIpc) is 3.05. The van der Waals surface area contributed by atoms with Crippen LogP contribution in [0.3, 0.4) is 0 Å². The van der Waals surface area contributed by atoms with Crippen LogP contribution in [0.15, 0.2) is 29.5 Å². The lowest BCUT2D eigenvalue weighted by atomic mass is 9.47. The molecule has 4 rings (SSSR count). The summed E-state index contributed by atoms with van der Waals surface area (Å²) in [6.07, 6.45) is 8.20. The first-order valence-corrected chi connectivity index (χ1v) is 11.6. The second-order valence-corrected chi connectivity index (χ2v) is 10.6. The number of allylic oxidation sites excluding steroid dienone is 2. The van der Waals surface area contributed by atoms with Gasteiger partial charge >= 0.3 is 0 Å². The van der Waals surface area contributed by atoms with Crippen molar-refractivity contribution in [3.05, 3.63) is 24.3 Å². The summed E-state index contributed by atoms with van der Waals surface area (Å²) in [5, 5.41) is 25.0. The van der Waals surface area contributed by atoms with E-state index in [0.29, 0.717) is 37.2 Å². The van der Waals surface area contributed by atoms with Gasteiger partial charge in [0.25, 0.3) is 0 Å². The molecule has 8 atom stereocenters. The summed E-state index contributed by atoms with van der Waals surface area (Å²) >= 11 is 0. The minimum atomic E-state index is -0.786. The number of rotatable bonds is 5. The van der Waals surface area contributed by atoms with E-state index in [9.17, 15) is 15.0 Å². The fourth-order valence-electron chi connectivity index (χ4n) is 7.43. The number of carbonyl (C=O) groups is 1. The van der Waals surface area contributed by atoms with Gasteiger partial charge in [-0.25, -0.2) is 0 Å². The maximum Gasteiger partial charge on any atom is 0.159 e. The Morgan fingerprint density at radius 2 is 1.93 bits per heavy atom. The van der Waals surface area contributed by atoms with Crippen molar-refractivity contribution in [3.63, 3.8) is 0 Å². The van der Waals surface area contributed by atoms with Gasteiger partial charge in [0.1, 0.15) is 6.61 Å². The Bertz CT molecular complexity index is 773. The number of hydrogen-bond acceptors (Lipinski definition) is 5. The highest BCUT2D eigenvalue weighted by molar-refractivity contribution is 5.95. The van der Waals surface area contributed by atoms with E-state index < -0.39 is 12.2 Å². The first-order chi connectivity index (χ1) is 14.2. The number of aliphatic hydroxyl groups is 2. The zero-order chi connectivity index (χ0) is 21.7. The van der Waals surface area contributed by atoms with Gasteiger partial charge < -0.3 is 15.1 Å². The molecule has 1 unspecified atom stereocenters. The maximum absolute atomic E-state index is 13.1. The summed E-state index contributed by atoms with van der Waals surface area (Å²) in [5.41, 5.74) is 2.20. The predicted octanol–water partition coefficient (Wildman–Crippen LogP) is 4.04. The van der Waals surface area contributed by atoms with Gasteiger partial charge in [-0.05, 0) is 74.2 Å². The molecule has 166 valence electrons. The second kappa shape index (κ2) is 7.90. The number of fused-ring (bicyclic) bond motifs is 5. The number of oxime groups is 1. The van der Waals surface area contributed by atoms with Crippen LogP contribution in [0, 0.1) is 34.5 Å². The molecule has 30 heavy (non-hydrogen) atoms.